The van der Waals surface area contributed by atoms with Crippen molar-refractivity contribution in [2.75, 3.05) is 43.4 Å². The van der Waals surface area contributed by atoms with Crippen LogP contribution in [0.5, 0.6) is 0 Å². The summed E-state index contributed by atoms with van der Waals surface area (Å²) in [5, 5.41) is 7.05. The molecular formula is C26H28ClN5O2. The Balaban J connectivity index is 1.40. The van der Waals surface area contributed by atoms with Crippen molar-refractivity contribution in [2.45, 2.75) is 12.5 Å². The molecule has 8 heteroatoms. The fraction of sp³-hybridized carbons (Fsp3) is 0.269. The number of rotatable bonds is 8. The molecule has 1 unspecified atom stereocenters. The van der Waals surface area contributed by atoms with Crippen molar-refractivity contribution >= 4 is 34.9 Å². The minimum atomic E-state index is -0.511. The van der Waals surface area contributed by atoms with Crippen LogP contribution < -0.4 is 15.5 Å². The summed E-state index contributed by atoms with van der Waals surface area (Å²) in [6.07, 6.45) is 2.40. The number of benzene rings is 2. The third kappa shape index (κ3) is 6.12. The third-order valence-electron chi connectivity index (χ3n) is 5.87. The van der Waals surface area contributed by atoms with Crippen LogP contribution in [0.15, 0.2) is 72.9 Å². The summed E-state index contributed by atoms with van der Waals surface area (Å²) in [6, 6.07) is 20.5. The average molecular weight is 478 g/mol. The summed E-state index contributed by atoms with van der Waals surface area (Å²) < 4.78 is 0. The van der Waals surface area contributed by atoms with Gasteiger partial charge in [-0.15, -0.1) is 0 Å². The van der Waals surface area contributed by atoms with E-state index in [0.717, 1.165) is 29.9 Å². The van der Waals surface area contributed by atoms with Gasteiger partial charge in [-0.25, -0.2) is 4.98 Å². The van der Waals surface area contributed by atoms with Crippen LogP contribution in [-0.4, -0.2) is 54.9 Å². The van der Waals surface area contributed by atoms with Crippen molar-refractivity contribution in [2.24, 2.45) is 0 Å². The molecule has 1 aromatic heterocycles. The van der Waals surface area contributed by atoms with E-state index < -0.39 is 6.04 Å². The Hall–Kier alpha value is -3.42. The first-order valence-electron chi connectivity index (χ1n) is 11.3. The molecule has 0 bridgehead atoms. The lowest BCUT2D eigenvalue weighted by Crippen LogP contribution is -2.48. The first kappa shape index (κ1) is 23.7. The number of hydrogen-bond acceptors (Lipinski definition) is 5. The number of halogens is 1. The Morgan fingerprint density at radius 1 is 1.06 bits per heavy atom. The van der Waals surface area contributed by atoms with Crippen molar-refractivity contribution in [3.8, 4) is 0 Å². The van der Waals surface area contributed by atoms with Crippen LogP contribution in [0.1, 0.15) is 17.2 Å². The van der Waals surface area contributed by atoms with Gasteiger partial charge in [0.1, 0.15) is 11.9 Å². The van der Waals surface area contributed by atoms with E-state index in [1.165, 1.54) is 0 Å². The predicted molar refractivity (Wildman–Crippen MR) is 135 cm³/mol. The van der Waals surface area contributed by atoms with Crippen molar-refractivity contribution < 1.29 is 9.59 Å². The van der Waals surface area contributed by atoms with Crippen LogP contribution in [0.25, 0.3) is 0 Å². The standard InChI is InChI=1S/C26H28ClN5O2/c1-31-15-16-32(18-24(31)33)23-12-11-22(17-29-23)30-26(34)25(20-5-3-2-4-6-20)28-14-13-19-7-9-21(27)10-8-19/h2-12,17,25,28H,13-16,18H2,1H3,(H,30,34). The fourth-order valence-electron chi connectivity index (χ4n) is 3.83. The minimum absolute atomic E-state index is 0.0702. The monoisotopic (exact) mass is 477 g/mol. The molecule has 1 fully saturated rings. The second kappa shape index (κ2) is 11.1. The van der Waals surface area contributed by atoms with E-state index >= 15 is 0 Å². The van der Waals surface area contributed by atoms with Crippen LogP contribution in [-0.2, 0) is 16.0 Å². The normalized spacial score (nSPS) is 14.7. The van der Waals surface area contributed by atoms with Gasteiger partial charge in [0.2, 0.25) is 11.8 Å². The Labute approximate surface area is 204 Å². The van der Waals surface area contributed by atoms with E-state index in [1.807, 2.05) is 71.6 Å². The topological polar surface area (TPSA) is 77.6 Å². The number of hydrogen-bond donors (Lipinski definition) is 2. The summed E-state index contributed by atoms with van der Waals surface area (Å²) in [4.78, 5) is 33.3. The number of aromatic nitrogens is 1. The second-order valence-electron chi connectivity index (χ2n) is 8.31. The molecule has 1 aliphatic heterocycles. The van der Waals surface area contributed by atoms with E-state index in [4.69, 9.17) is 11.6 Å². The van der Waals surface area contributed by atoms with Crippen LogP contribution in [0.2, 0.25) is 5.02 Å². The molecule has 2 amide bonds. The number of likely N-dealkylation sites (N-methyl/N-ethyl adjacent to an activating group) is 1. The molecule has 34 heavy (non-hydrogen) atoms. The molecule has 1 aliphatic rings. The molecule has 4 rings (SSSR count). The van der Waals surface area contributed by atoms with Crippen molar-refractivity contribution in [3.05, 3.63) is 89.1 Å². The van der Waals surface area contributed by atoms with E-state index in [-0.39, 0.29) is 11.8 Å². The molecule has 0 spiro atoms. The first-order valence-corrected chi connectivity index (χ1v) is 11.7. The highest BCUT2D eigenvalue weighted by atomic mass is 35.5. The molecule has 0 aliphatic carbocycles. The van der Waals surface area contributed by atoms with E-state index in [9.17, 15) is 9.59 Å². The lowest BCUT2D eigenvalue weighted by molar-refractivity contribution is -0.129. The van der Waals surface area contributed by atoms with Gasteiger partial charge in [0, 0.05) is 31.7 Å². The second-order valence-corrected chi connectivity index (χ2v) is 8.74. The van der Waals surface area contributed by atoms with Gasteiger partial charge in [0.05, 0.1) is 18.4 Å². The van der Waals surface area contributed by atoms with Gasteiger partial charge in [-0.2, -0.15) is 0 Å². The zero-order valence-corrected chi connectivity index (χ0v) is 19.8. The third-order valence-corrected chi connectivity index (χ3v) is 6.12. The van der Waals surface area contributed by atoms with Crippen molar-refractivity contribution in [1.82, 2.24) is 15.2 Å². The maximum Gasteiger partial charge on any atom is 0.246 e. The summed E-state index contributed by atoms with van der Waals surface area (Å²) in [7, 11) is 1.80. The molecule has 7 nitrogen and oxygen atoms in total. The van der Waals surface area contributed by atoms with Crippen LogP contribution in [0.4, 0.5) is 11.5 Å². The number of pyridine rings is 1. The largest absolute Gasteiger partial charge is 0.346 e. The summed E-state index contributed by atoms with van der Waals surface area (Å²) in [6.45, 7) is 2.33. The Morgan fingerprint density at radius 2 is 1.82 bits per heavy atom. The van der Waals surface area contributed by atoms with Gasteiger partial charge in [-0.05, 0) is 41.8 Å². The zero-order valence-electron chi connectivity index (χ0n) is 19.1. The molecule has 3 aromatic rings. The lowest BCUT2D eigenvalue weighted by atomic mass is 10.1. The number of anilines is 2. The molecule has 0 radical (unpaired) electrons. The molecule has 1 saturated heterocycles. The van der Waals surface area contributed by atoms with Crippen LogP contribution >= 0.6 is 11.6 Å². The number of nitrogens with zero attached hydrogens (tertiary/aromatic N) is 3. The van der Waals surface area contributed by atoms with Gasteiger partial charge < -0.3 is 20.4 Å². The highest BCUT2D eigenvalue weighted by Crippen LogP contribution is 2.19. The van der Waals surface area contributed by atoms with E-state index in [1.54, 1.807) is 18.1 Å². The van der Waals surface area contributed by atoms with Crippen molar-refractivity contribution in [3.63, 3.8) is 0 Å². The maximum absolute atomic E-state index is 13.2. The molecule has 176 valence electrons. The highest BCUT2D eigenvalue weighted by Gasteiger charge is 2.23. The molecule has 2 aromatic carbocycles. The smallest absolute Gasteiger partial charge is 0.246 e. The first-order chi connectivity index (χ1) is 16.5. The fourth-order valence-corrected chi connectivity index (χ4v) is 3.96. The zero-order chi connectivity index (χ0) is 23.9. The SMILES string of the molecule is CN1CCN(c2ccc(NC(=O)C(NCCc3ccc(Cl)cc3)c3ccccc3)cn2)CC1=O. The summed E-state index contributed by atoms with van der Waals surface area (Å²) in [5.41, 5.74) is 2.64. The van der Waals surface area contributed by atoms with Crippen LogP contribution in [0, 0.1) is 0 Å². The molecular weight excluding hydrogens is 450 g/mol. The van der Waals surface area contributed by atoms with Gasteiger partial charge >= 0.3 is 0 Å². The molecule has 2 heterocycles. The number of piperazine rings is 1. The quantitative estimate of drug-likeness (QED) is 0.519. The lowest BCUT2D eigenvalue weighted by Gasteiger charge is -2.32. The van der Waals surface area contributed by atoms with Gasteiger partial charge in [0.15, 0.2) is 0 Å². The van der Waals surface area contributed by atoms with Gasteiger partial charge in [-0.1, -0.05) is 54.1 Å². The summed E-state index contributed by atoms with van der Waals surface area (Å²) in [5.74, 6) is 0.632. The van der Waals surface area contributed by atoms with Crippen LogP contribution in [0.3, 0.4) is 0 Å². The Bertz CT molecular complexity index is 1110. The number of amides is 2. The van der Waals surface area contributed by atoms with E-state index in [0.29, 0.717) is 30.3 Å². The average Bonchev–Trinajstić information content (AvgIpc) is 2.85. The maximum atomic E-state index is 13.2. The van der Waals surface area contributed by atoms with Crippen molar-refractivity contribution in [1.29, 1.82) is 0 Å². The molecule has 0 saturated carbocycles. The Morgan fingerprint density at radius 3 is 2.50 bits per heavy atom. The van der Waals surface area contributed by atoms with Gasteiger partial charge in [-0.3, -0.25) is 9.59 Å². The minimum Gasteiger partial charge on any atom is -0.346 e. The molecule has 2 N–H and O–H groups in total. The Kier molecular flexibility index (Phi) is 7.77. The molecule has 1 atom stereocenters. The number of carbonyl (C=O) groups is 2. The summed E-state index contributed by atoms with van der Waals surface area (Å²) >= 11 is 5.97. The van der Waals surface area contributed by atoms with E-state index in [2.05, 4.69) is 15.6 Å². The van der Waals surface area contributed by atoms with Gasteiger partial charge in [0.25, 0.3) is 0 Å². The number of carbonyl (C=O) groups excluding carboxylic acids is 2. The predicted octanol–water partition coefficient (Wildman–Crippen LogP) is 3.53. The highest BCUT2D eigenvalue weighted by molar-refractivity contribution is 6.30. The number of nitrogens with one attached hydrogen (secondary N) is 2.